The van der Waals surface area contributed by atoms with Crippen LogP contribution in [0, 0.1) is 25.2 Å². The molecule has 170 valence electrons. The molecule has 0 spiro atoms. The van der Waals surface area contributed by atoms with Crippen LogP contribution < -0.4 is 15.0 Å². The van der Waals surface area contributed by atoms with Crippen LogP contribution in [0.4, 0.5) is 8.78 Å². The maximum absolute atomic E-state index is 13.0. The van der Waals surface area contributed by atoms with Gasteiger partial charge in [0.1, 0.15) is 11.6 Å². The fraction of sp³-hybridized carbons (Fsp3) is 0.435. The lowest BCUT2D eigenvalue weighted by Gasteiger charge is -2.23. The Morgan fingerprint density at radius 1 is 1.31 bits per heavy atom. The van der Waals surface area contributed by atoms with Gasteiger partial charge in [-0.25, -0.2) is 0 Å². The summed E-state index contributed by atoms with van der Waals surface area (Å²) in [6.45, 7) is 0.834. The van der Waals surface area contributed by atoms with Gasteiger partial charge >= 0.3 is 6.61 Å². The molecule has 1 heterocycles. The molecule has 0 aliphatic heterocycles. The van der Waals surface area contributed by atoms with Crippen molar-refractivity contribution in [2.24, 2.45) is 0 Å². The molecule has 2 aromatic rings. The summed E-state index contributed by atoms with van der Waals surface area (Å²) >= 11 is 0. The number of nitrogens with zero attached hydrogens (tertiary/aromatic N) is 2. The zero-order valence-electron chi connectivity index (χ0n) is 18.2. The van der Waals surface area contributed by atoms with Crippen molar-refractivity contribution in [3.8, 4) is 17.6 Å². The van der Waals surface area contributed by atoms with Gasteiger partial charge in [-0.2, -0.15) is 14.0 Å². The number of rotatable bonds is 9. The molecular formula is C23H25F2N3O4. The molecule has 3 rings (SSSR count). The van der Waals surface area contributed by atoms with E-state index in [0.717, 1.165) is 24.0 Å². The summed E-state index contributed by atoms with van der Waals surface area (Å²) in [4.78, 5) is 29.4. The first-order valence-electron chi connectivity index (χ1n) is 10.3. The molecule has 1 aromatic heterocycles. The number of methoxy groups -OCH3 is 1. The SMILES string of the molecule is COc1cc(CN(C(=O)CCc2c(C)[nH]c(=O)c(C#N)c2C)C2CC2)ccc1OC(F)F. The lowest BCUT2D eigenvalue weighted by Crippen LogP contribution is -2.33. The van der Waals surface area contributed by atoms with E-state index in [2.05, 4.69) is 9.72 Å². The Morgan fingerprint density at radius 2 is 2.03 bits per heavy atom. The number of benzene rings is 1. The average molecular weight is 445 g/mol. The van der Waals surface area contributed by atoms with Crippen molar-refractivity contribution in [2.75, 3.05) is 7.11 Å². The second-order valence-corrected chi connectivity index (χ2v) is 7.79. The minimum atomic E-state index is -2.96. The van der Waals surface area contributed by atoms with E-state index in [1.54, 1.807) is 30.9 Å². The van der Waals surface area contributed by atoms with Crippen LogP contribution >= 0.6 is 0 Å². The summed E-state index contributed by atoms with van der Waals surface area (Å²) in [6, 6.07) is 6.70. The summed E-state index contributed by atoms with van der Waals surface area (Å²) in [5.74, 6) is 0.0604. The van der Waals surface area contributed by atoms with E-state index < -0.39 is 12.2 Å². The number of halogens is 2. The van der Waals surface area contributed by atoms with Crippen LogP contribution in [-0.2, 0) is 17.8 Å². The predicted octanol–water partition coefficient (Wildman–Crippen LogP) is 3.60. The largest absolute Gasteiger partial charge is 0.493 e. The third-order valence-electron chi connectivity index (χ3n) is 5.61. The number of aromatic nitrogens is 1. The Hall–Kier alpha value is -3.41. The van der Waals surface area contributed by atoms with Gasteiger partial charge in [0, 0.05) is 24.7 Å². The molecule has 0 saturated heterocycles. The quantitative estimate of drug-likeness (QED) is 0.636. The van der Waals surface area contributed by atoms with Crippen molar-refractivity contribution < 1.29 is 23.0 Å². The molecule has 7 nitrogen and oxygen atoms in total. The molecule has 1 saturated carbocycles. The average Bonchev–Trinajstić information content (AvgIpc) is 3.57. The van der Waals surface area contributed by atoms with E-state index >= 15 is 0 Å². The van der Waals surface area contributed by atoms with Crippen molar-refractivity contribution in [3.63, 3.8) is 0 Å². The van der Waals surface area contributed by atoms with Gasteiger partial charge in [0.05, 0.1) is 7.11 Å². The molecule has 0 unspecified atom stereocenters. The Labute approximate surface area is 184 Å². The van der Waals surface area contributed by atoms with Crippen molar-refractivity contribution in [1.82, 2.24) is 9.88 Å². The maximum atomic E-state index is 13.0. The molecule has 0 atom stereocenters. The minimum absolute atomic E-state index is 0.0529. The van der Waals surface area contributed by atoms with Crippen LogP contribution in [0.15, 0.2) is 23.0 Å². The Bertz CT molecular complexity index is 1100. The zero-order valence-corrected chi connectivity index (χ0v) is 18.2. The molecule has 1 N–H and O–H groups in total. The van der Waals surface area contributed by atoms with Crippen LogP contribution in [0.2, 0.25) is 0 Å². The van der Waals surface area contributed by atoms with Gasteiger partial charge in [0.2, 0.25) is 5.91 Å². The molecular weight excluding hydrogens is 420 g/mol. The number of hydrogen-bond donors (Lipinski definition) is 1. The van der Waals surface area contributed by atoms with E-state index in [-0.39, 0.29) is 35.4 Å². The lowest BCUT2D eigenvalue weighted by atomic mass is 9.99. The molecule has 1 fully saturated rings. The molecule has 32 heavy (non-hydrogen) atoms. The van der Waals surface area contributed by atoms with Crippen LogP contribution in [0.1, 0.15) is 47.2 Å². The number of pyridine rings is 1. The number of carbonyl (C=O) groups is 1. The molecule has 0 radical (unpaired) electrons. The van der Waals surface area contributed by atoms with Crippen LogP contribution in [0.3, 0.4) is 0 Å². The van der Waals surface area contributed by atoms with E-state index in [4.69, 9.17) is 4.74 Å². The second-order valence-electron chi connectivity index (χ2n) is 7.79. The zero-order chi connectivity index (χ0) is 23.4. The fourth-order valence-corrected chi connectivity index (χ4v) is 3.80. The highest BCUT2D eigenvalue weighted by Gasteiger charge is 2.32. The third-order valence-corrected chi connectivity index (χ3v) is 5.61. The van der Waals surface area contributed by atoms with Crippen LogP contribution in [0.25, 0.3) is 0 Å². The molecule has 1 aliphatic carbocycles. The normalized spacial score (nSPS) is 13.0. The van der Waals surface area contributed by atoms with Gasteiger partial charge in [-0.15, -0.1) is 0 Å². The Kier molecular flexibility index (Phi) is 7.13. The Morgan fingerprint density at radius 3 is 2.62 bits per heavy atom. The van der Waals surface area contributed by atoms with Crippen LogP contribution in [0.5, 0.6) is 11.5 Å². The highest BCUT2D eigenvalue weighted by Crippen LogP contribution is 2.33. The van der Waals surface area contributed by atoms with Crippen molar-refractivity contribution >= 4 is 5.91 Å². The number of alkyl halides is 2. The number of H-pyrrole nitrogens is 1. The number of aromatic amines is 1. The number of hydrogen-bond acceptors (Lipinski definition) is 5. The first-order chi connectivity index (χ1) is 15.2. The van der Waals surface area contributed by atoms with Crippen molar-refractivity contribution in [3.05, 3.63) is 56.5 Å². The predicted molar refractivity (Wildman–Crippen MR) is 113 cm³/mol. The summed E-state index contributed by atoms with van der Waals surface area (Å²) in [5.41, 5.74) is 2.42. The summed E-state index contributed by atoms with van der Waals surface area (Å²) in [7, 11) is 1.37. The fourth-order valence-electron chi connectivity index (χ4n) is 3.80. The van der Waals surface area contributed by atoms with Gasteiger partial charge in [0.25, 0.3) is 5.56 Å². The van der Waals surface area contributed by atoms with E-state index in [1.165, 1.54) is 13.2 Å². The Balaban J connectivity index is 1.74. The number of amides is 1. The summed E-state index contributed by atoms with van der Waals surface area (Å²) < 4.78 is 34.7. The third kappa shape index (κ3) is 5.25. The van der Waals surface area contributed by atoms with E-state index in [9.17, 15) is 23.6 Å². The molecule has 1 aliphatic rings. The van der Waals surface area contributed by atoms with Gasteiger partial charge in [0.15, 0.2) is 11.5 Å². The lowest BCUT2D eigenvalue weighted by molar-refractivity contribution is -0.132. The van der Waals surface area contributed by atoms with E-state index in [0.29, 0.717) is 24.2 Å². The number of nitriles is 1. The van der Waals surface area contributed by atoms with Crippen LogP contribution in [-0.4, -0.2) is 35.6 Å². The first-order valence-corrected chi connectivity index (χ1v) is 10.3. The van der Waals surface area contributed by atoms with Gasteiger partial charge in [-0.1, -0.05) is 6.07 Å². The van der Waals surface area contributed by atoms with Gasteiger partial charge in [-0.3, -0.25) is 9.59 Å². The molecule has 1 amide bonds. The molecule has 1 aromatic carbocycles. The van der Waals surface area contributed by atoms with Gasteiger partial charge < -0.3 is 19.4 Å². The topological polar surface area (TPSA) is 95.4 Å². The summed E-state index contributed by atoms with van der Waals surface area (Å²) in [6.07, 6.45) is 2.43. The molecule has 9 heteroatoms. The number of aryl methyl sites for hydroxylation is 1. The minimum Gasteiger partial charge on any atom is -0.493 e. The smallest absolute Gasteiger partial charge is 0.387 e. The van der Waals surface area contributed by atoms with Gasteiger partial charge in [-0.05, 0) is 61.9 Å². The molecule has 0 bridgehead atoms. The number of ether oxygens (including phenoxy) is 2. The summed E-state index contributed by atoms with van der Waals surface area (Å²) in [5, 5.41) is 9.23. The first kappa shape index (κ1) is 23.3. The van der Waals surface area contributed by atoms with E-state index in [1.807, 2.05) is 6.07 Å². The van der Waals surface area contributed by atoms with Crippen molar-refractivity contribution in [2.45, 2.75) is 58.7 Å². The maximum Gasteiger partial charge on any atom is 0.387 e. The number of carbonyl (C=O) groups excluding carboxylic acids is 1. The highest BCUT2D eigenvalue weighted by atomic mass is 19.3. The highest BCUT2D eigenvalue weighted by molar-refractivity contribution is 5.77. The monoisotopic (exact) mass is 445 g/mol. The van der Waals surface area contributed by atoms with Crippen molar-refractivity contribution in [1.29, 1.82) is 5.26 Å². The number of nitrogens with one attached hydrogen (secondary N) is 1. The standard InChI is InChI=1S/C23H25F2N3O4/c1-13-17(14(2)27-22(30)18(13)11-26)7-9-21(29)28(16-5-6-16)12-15-4-8-19(32-23(24)25)20(10-15)31-3/h4,8,10,16,23H,5-7,9,12H2,1-3H3,(H,27,30). The second kappa shape index (κ2) is 9.81.